The number of hydrogen-bond donors (Lipinski definition) is 1. The molecule has 2 N–H and O–H groups in total. The number of hydrogen-bond acceptors (Lipinski definition) is 6. The molecule has 0 atom stereocenters. The molecule has 0 fully saturated rings. The van der Waals surface area contributed by atoms with Crippen molar-refractivity contribution >= 4 is 34.2 Å². The first kappa shape index (κ1) is 24.0. The smallest absolute Gasteiger partial charge is 0.256 e. The molecule has 0 saturated heterocycles. The van der Waals surface area contributed by atoms with Gasteiger partial charge >= 0.3 is 0 Å². The molecule has 36 heavy (non-hydrogen) atoms. The first-order valence-corrected chi connectivity index (χ1v) is 10.7. The maximum atomic E-state index is 14.7. The van der Waals surface area contributed by atoms with E-state index in [1.807, 2.05) is 6.07 Å². The van der Waals surface area contributed by atoms with Crippen molar-refractivity contribution in [3.63, 3.8) is 0 Å². The molecule has 0 unspecified atom stereocenters. The molecular weight excluding hydrogens is 461 g/mol. The van der Waals surface area contributed by atoms with Gasteiger partial charge in [-0.3, -0.25) is 9.59 Å². The van der Waals surface area contributed by atoms with Crippen molar-refractivity contribution in [3.05, 3.63) is 103 Å². The largest absolute Gasteiger partial charge is 0.383 e. The first-order chi connectivity index (χ1) is 17.3. The number of fused-ring (bicyclic) bond motifs is 1. The Morgan fingerprint density at radius 3 is 2.61 bits per heavy atom. The quantitative estimate of drug-likeness (QED) is 0.231. The van der Waals surface area contributed by atoms with Crippen molar-refractivity contribution in [1.29, 1.82) is 0 Å². The van der Waals surface area contributed by atoms with E-state index in [9.17, 15) is 14.0 Å². The van der Waals surface area contributed by atoms with Gasteiger partial charge in [0.05, 0.1) is 24.1 Å². The van der Waals surface area contributed by atoms with Crippen LogP contribution < -0.4 is 10.6 Å². The predicted molar refractivity (Wildman–Crippen MR) is 134 cm³/mol. The molecule has 1 amide bonds. The van der Waals surface area contributed by atoms with Crippen LogP contribution in [0.2, 0.25) is 0 Å². The zero-order valence-electron chi connectivity index (χ0n) is 19.1. The van der Waals surface area contributed by atoms with Crippen LogP contribution in [0.1, 0.15) is 10.4 Å². The number of carbonyl (C=O) groups is 2. The molecule has 4 aromatic rings. The minimum absolute atomic E-state index is 0.112. The monoisotopic (exact) mass is 481 g/mol. The topological polar surface area (TPSA) is 111 Å². The number of benzene rings is 2. The highest BCUT2D eigenvalue weighted by molar-refractivity contribution is 6.06. The summed E-state index contributed by atoms with van der Waals surface area (Å²) in [6.07, 6.45) is 2.32. The predicted octanol–water partition coefficient (Wildman–Crippen LogP) is 4.05. The number of anilines is 2. The maximum Gasteiger partial charge on any atom is 0.256 e. The number of nitrogen functional groups attached to an aromatic ring is 1. The van der Waals surface area contributed by atoms with Gasteiger partial charge in [-0.1, -0.05) is 37.4 Å². The SMILES string of the molecule is [C-]#[N+]C(=C)C(=O)N(CCn1nc(-c2ccc(C(=O)C=C)c(F)c2)c2c(N)ncnc21)c1ccccc1. The Kier molecular flexibility index (Phi) is 6.65. The lowest BCUT2D eigenvalue weighted by Crippen LogP contribution is -2.34. The molecule has 0 aliphatic carbocycles. The first-order valence-electron chi connectivity index (χ1n) is 10.7. The van der Waals surface area contributed by atoms with E-state index in [0.717, 1.165) is 6.08 Å². The highest BCUT2D eigenvalue weighted by atomic mass is 19.1. The summed E-state index contributed by atoms with van der Waals surface area (Å²) >= 11 is 0. The van der Waals surface area contributed by atoms with Crippen molar-refractivity contribution < 1.29 is 14.0 Å². The van der Waals surface area contributed by atoms with E-state index in [4.69, 9.17) is 12.3 Å². The van der Waals surface area contributed by atoms with Crippen LogP contribution in [0.5, 0.6) is 0 Å². The Balaban J connectivity index is 1.75. The molecule has 0 aliphatic rings. The van der Waals surface area contributed by atoms with E-state index >= 15 is 0 Å². The van der Waals surface area contributed by atoms with Crippen LogP contribution >= 0.6 is 0 Å². The van der Waals surface area contributed by atoms with Gasteiger partial charge in [-0.25, -0.2) is 23.9 Å². The molecule has 0 radical (unpaired) electrons. The van der Waals surface area contributed by atoms with Crippen LogP contribution in [0.4, 0.5) is 15.9 Å². The number of amides is 1. The van der Waals surface area contributed by atoms with Crippen molar-refractivity contribution in [1.82, 2.24) is 19.7 Å². The second-order valence-electron chi connectivity index (χ2n) is 7.64. The highest BCUT2D eigenvalue weighted by Gasteiger charge is 2.22. The molecule has 2 heterocycles. The number of nitrogens with two attached hydrogens (primary N) is 1. The lowest BCUT2D eigenvalue weighted by atomic mass is 10.0. The third kappa shape index (κ3) is 4.45. The number of nitrogens with zero attached hydrogens (tertiary/aromatic N) is 6. The van der Waals surface area contributed by atoms with Gasteiger partial charge in [-0.15, -0.1) is 0 Å². The summed E-state index contributed by atoms with van der Waals surface area (Å²) in [6.45, 7) is 14.4. The summed E-state index contributed by atoms with van der Waals surface area (Å²) < 4.78 is 16.2. The number of para-hydroxylation sites is 1. The third-order valence-corrected chi connectivity index (χ3v) is 5.48. The standard InChI is InChI=1S/C26H20FN7O2/c1-4-21(35)19-11-10-17(14-20(19)27)23-22-24(28)30-15-31-25(22)34(32-23)13-12-33(26(36)16(2)29-3)18-8-6-5-7-9-18/h4-11,14-15H,1-2,12-13H2,(H2,28,30,31). The summed E-state index contributed by atoms with van der Waals surface area (Å²) in [7, 11) is 0. The van der Waals surface area contributed by atoms with Gasteiger partial charge in [0.15, 0.2) is 11.4 Å². The van der Waals surface area contributed by atoms with E-state index in [2.05, 4.69) is 33.1 Å². The van der Waals surface area contributed by atoms with Gasteiger partial charge in [0.25, 0.3) is 5.91 Å². The molecule has 2 aromatic heterocycles. The number of halogens is 1. The van der Waals surface area contributed by atoms with Gasteiger partial charge in [0, 0.05) is 17.8 Å². The molecule has 4 rings (SSSR count). The fraction of sp³-hybridized carbons (Fsp3) is 0.0769. The van der Waals surface area contributed by atoms with E-state index < -0.39 is 17.5 Å². The van der Waals surface area contributed by atoms with Crippen LogP contribution in [0.15, 0.2) is 79.8 Å². The average molecular weight is 481 g/mol. The average Bonchev–Trinajstić information content (AvgIpc) is 3.28. The lowest BCUT2D eigenvalue weighted by molar-refractivity contribution is -0.114. The summed E-state index contributed by atoms with van der Waals surface area (Å²) in [5, 5.41) is 4.99. The van der Waals surface area contributed by atoms with Gasteiger partial charge in [0.1, 0.15) is 23.7 Å². The fourth-order valence-corrected chi connectivity index (χ4v) is 3.71. The normalized spacial score (nSPS) is 10.6. The van der Waals surface area contributed by atoms with Crippen LogP contribution in [-0.2, 0) is 11.3 Å². The Labute approximate surface area is 205 Å². The molecule has 0 spiro atoms. The van der Waals surface area contributed by atoms with Gasteiger partial charge < -0.3 is 10.6 Å². The molecule has 0 bridgehead atoms. The van der Waals surface area contributed by atoms with Crippen LogP contribution in [0.25, 0.3) is 27.1 Å². The van der Waals surface area contributed by atoms with E-state index in [-0.39, 0.29) is 30.2 Å². The van der Waals surface area contributed by atoms with Crippen molar-refractivity contribution in [2.24, 2.45) is 0 Å². The van der Waals surface area contributed by atoms with Gasteiger partial charge in [-0.05, 0) is 30.3 Å². The highest BCUT2D eigenvalue weighted by Crippen LogP contribution is 2.31. The molecule has 9 nitrogen and oxygen atoms in total. The Morgan fingerprint density at radius 2 is 1.94 bits per heavy atom. The summed E-state index contributed by atoms with van der Waals surface area (Å²) in [6, 6.07) is 13.0. The van der Waals surface area contributed by atoms with Crippen molar-refractivity contribution in [2.45, 2.75) is 6.54 Å². The minimum atomic E-state index is -0.728. The van der Waals surface area contributed by atoms with Crippen LogP contribution in [0.3, 0.4) is 0 Å². The number of rotatable bonds is 8. The second-order valence-corrected chi connectivity index (χ2v) is 7.64. The molecule has 10 heteroatoms. The molecular formula is C26H20FN7O2. The molecule has 0 aliphatic heterocycles. The third-order valence-electron chi connectivity index (χ3n) is 5.48. The summed E-state index contributed by atoms with van der Waals surface area (Å²) in [4.78, 5) is 37.6. The number of allylic oxidation sites excluding steroid dienone is 1. The Bertz CT molecular complexity index is 1550. The fourth-order valence-electron chi connectivity index (χ4n) is 3.71. The van der Waals surface area contributed by atoms with E-state index in [1.54, 1.807) is 30.3 Å². The van der Waals surface area contributed by atoms with Gasteiger partial charge in [0.2, 0.25) is 5.70 Å². The zero-order chi connectivity index (χ0) is 25.8. The second kappa shape index (κ2) is 9.99. The summed E-state index contributed by atoms with van der Waals surface area (Å²) in [5.41, 5.74) is 7.45. The molecule has 178 valence electrons. The Hall–Kier alpha value is -5.17. The van der Waals surface area contributed by atoms with Crippen molar-refractivity contribution in [3.8, 4) is 11.3 Å². The summed E-state index contributed by atoms with van der Waals surface area (Å²) in [5.74, 6) is -1.66. The van der Waals surface area contributed by atoms with Crippen LogP contribution in [0, 0.1) is 12.4 Å². The van der Waals surface area contributed by atoms with Crippen LogP contribution in [-0.4, -0.2) is 38.0 Å². The minimum Gasteiger partial charge on any atom is -0.383 e. The number of ketones is 1. The Morgan fingerprint density at radius 1 is 1.19 bits per heavy atom. The number of carbonyl (C=O) groups excluding carboxylic acids is 2. The van der Waals surface area contributed by atoms with Crippen molar-refractivity contribution in [2.75, 3.05) is 17.2 Å². The maximum absolute atomic E-state index is 14.7. The van der Waals surface area contributed by atoms with E-state index in [1.165, 1.54) is 28.0 Å². The molecule has 0 saturated carbocycles. The number of aromatic nitrogens is 4. The van der Waals surface area contributed by atoms with E-state index in [0.29, 0.717) is 28.0 Å². The zero-order valence-corrected chi connectivity index (χ0v) is 19.1. The lowest BCUT2D eigenvalue weighted by Gasteiger charge is -2.22. The molecule has 2 aromatic carbocycles. The van der Waals surface area contributed by atoms with Gasteiger partial charge in [-0.2, -0.15) is 5.10 Å².